The van der Waals surface area contributed by atoms with Gasteiger partial charge in [0.05, 0.1) is 6.42 Å². The van der Waals surface area contributed by atoms with Crippen LogP contribution in [0.1, 0.15) is 25.8 Å². The lowest BCUT2D eigenvalue weighted by atomic mass is 10.1. The average molecular weight is 285 g/mol. The highest BCUT2D eigenvalue weighted by Crippen LogP contribution is 2.42. The first kappa shape index (κ1) is 15.9. The molecule has 0 aromatic heterocycles. The van der Waals surface area contributed by atoms with Crippen molar-refractivity contribution in [1.82, 2.24) is 5.32 Å². The Morgan fingerprint density at radius 2 is 1.84 bits per heavy atom. The van der Waals surface area contributed by atoms with Crippen molar-refractivity contribution in [3.8, 4) is 0 Å². The van der Waals surface area contributed by atoms with Crippen LogP contribution in [-0.4, -0.2) is 21.5 Å². The van der Waals surface area contributed by atoms with E-state index in [2.05, 4.69) is 5.32 Å². The van der Waals surface area contributed by atoms with E-state index in [-0.39, 0.29) is 24.7 Å². The molecule has 0 unspecified atom stereocenters. The molecule has 1 aromatic rings. The molecule has 5 nitrogen and oxygen atoms in total. The Labute approximate surface area is 113 Å². The Kier molecular flexibility index (Phi) is 5.73. The van der Waals surface area contributed by atoms with Crippen LogP contribution in [0.2, 0.25) is 0 Å². The fourth-order valence-corrected chi connectivity index (χ4v) is 2.75. The van der Waals surface area contributed by atoms with E-state index in [1.54, 1.807) is 12.1 Å². The minimum absolute atomic E-state index is 0.0923. The first-order chi connectivity index (χ1) is 8.79. The average Bonchev–Trinajstić information content (AvgIpc) is 2.27. The number of hydrogen-bond acceptors (Lipinski definition) is 2. The van der Waals surface area contributed by atoms with E-state index in [0.717, 1.165) is 5.56 Å². The molecule has 0 aliphatic rings. The maximum absolute atomic E-state index is 11.8. The van der Waals surface area contributed by atoms with Crippen molar-refractivity contribution in [1.29, 1.82) is 0 Å². The Morgan fingerprint density at radius 3 is 2.32 bits per heavy atom. The second kappa shape index (κ2) is 6.85. The van der Waals surface area contributed by atoms with E-state index in [1.165, 1.54) is 0 Å². The predicted octanol–water partition coefficient (Wildman–Crippen LogP) is 1.90. The first-order valence-electron chi connectivity index (χ1n) is 6.17. The summed E-state index contributed by atoms with van der Waals surface area (Å²) in [6.07, 6.45) is 0.375. The van der Waals surface area contributed by atoms with Gasteiger partial charge in [0.1, 0.15) is 5.78 Å². The van der Waals surface area contributed by atoms with Gasteiger partial charge in [0.15, 0.2) is 0 Å². The van der Waals surface area contributed by atoms with Crippen LogP contribution in [0.5, 0.6) is 0 Å². The summed E-state index contributed by atoms with van der Waals surface area (Å²) in [5.41, 5.74) is 0.814. The second-order valence-electron chi connectivity index (χ2n) is 4.96. The molecule has 0 aliphatic carbocycles. The highest BCUT2D eigenvalue weighted by Gasteiger charge is 2.30. The highest BCUT2D eigenvalue weighted by molar-refractivity contribution is 7.52. The molecule has 0 bridgehead atoms. The molecule has 19 heavy (non-hydrogen) atoms. The largest absolute Gasteiger partial charge is 0.347 e. The van der Waals surface area contributed by atoms with E-state index in [4.69, 9.17) is 0 Å². The number of hydrogen-bond donors (Lipinski definition) is 3. The number of amides is 1. The summed E-state index contributed by atoms with van der Waals surface area (Å²) in [5, 5.41) is 2.43. The number of carbonyl (C=O) groups excluding carboxylic acids is 1. The molecule has 1 amide bonds. The fourth-order valence-electron chi connectivity index (χ4n) is 1.74. The first-order valence-corrected chi connectivity index (χ1v) is 7.85. The zero-order valence-corrected chi connectivity index (χ0v) is 12.0. The summed E-state index contributed by atoms with van der Waals surface area (Å²) in [6, 6.07) is 9.08. The molecule has 0 saturated heterocycles. The third-order valence-electron chi connectivity index (χ3n) is 2.64. The lowest BCUT2D eigenvalue weighted by Crippen LogP contribution is -2.36. The molecular formula is C13H20NO4P. The summed E-state index contributed by atoms with van der Waals surface area (Å²) in [4.78, 5) is 30.3. The maximum Gasteiger partial charge on any atom is 0.347 e. The van der Waals surface area contributed by atoms with Gasteiger partial charge in [0, 0.05) is 0 Å². The number of carbonyl (C=O) groups is 1. The molecular weight excluding hydrogens is 265 g/mol. The third-order valence-corrected chi connectivity index (χ3v) is 3.79. The SMILES string of the molecule is CC(C)C[C@@H](NC(=O)Cc1ccccc1)P(=O)(O)O. The lowest BCUT2D eigenvalue weighted by Gasteiger charge is -2.21. The van der Waals surface area contributed by atoms with Gasteiger partial charge >= 0.3 is 7.60 Å². The van der Waals surface area contributed by atoms with Crippen LogP contribution in [-0.2, 0) is 15.8 Å². The zero-order valence-electron chi connectivity index (χ0n) is 11.1. The monoisotopic (exact) mass is 285 g/mol. The van der Waals surface area contributed by atoms with Crippen LogP contribution >= 0.6 is 7.60 Å². The van der Waals surface area contributed by atoms with Crippen LogP contribution in [0.3, 0.4) is 0 Å². The molecule has 0 spiro atoms. The van der Waals surface area contributed by atoms with Gasteiger partial charge in [-0.05, 0) is 17.9 Å². The Balaban J connectivity index is 2.64. The molecule has 106 valence electrons. The summed E-state index contributed by atoms with van der Waals surface area (Å²) in [7, 11) is -4.32. The smallest absolute Gasteiger partial charge is 0.342 e. The van der Waals surface area contributed by atoms with E-state index in [1.807, 2.05) is 32.0 Å². The van der Waals surface area contributed by atoms with Crippen molar-refractivity contribution in [2.45, 2.75) is 32.5 Å². The molecule has 0 heterocycles. The summed E-state index contributed by atoms with van der Waals surface area (Å²) in [6.45, 7) is 3.71. The van der Waals surface area contributed by atoms with E-state index >= 15 is 0 Å². The van der Waals surface area contributed by atoms with Crippen LogP contribution in [0.4, 0.5) is 0 Å². The topological polar surface area (TPSA) is 86.6 Å². The van der Waals surface area contributed by atoms with Crippen LogP contribution in [0.25, 0.3) is 0 Å². The van der Waals surface area contributed by atoms with Gasteiger partial charge in [-0.1, -0.05) is 44.2 Å². The Hall–Kier alpha value is -1.16. The fraction of sp³-hybridized carbons (Fsp3) is 0.462. The maximum atomic E-state index is 11.8. The molecule has 0 saturated carbocycles. The van der Waals surface area contributed by atoms with Crippen LogP contribution in [0, 0.1) is 5.92 Å². The normalized spacial score (nSPS) is 13.3. The van der Waals surface area contributed by atoms with Crippen molar-refractivity contribution in [2.75, 3.05) is 0 Å². The van der Waals surface area contributed by atoms with Gasteiger partial charge in [-0.2, -0.15) is 0 Å². The summed E-state index contributed by atoms with van der Waals surface area (Å²) in [5.74, 6) is -1.39. The van der Waals surface area contributed by atoms with E-state index in [9.17, 15) is 19.1 Å². The van der Waals surface area contributed by atoms with Gasteiger partial charge in [-0.15, -0.1) is 0 Å². The quantitative estimate of drug-likeness (QED) is 0.697. The van der Waals surface area contributed by atoms with Gasteiger partial charge in [0.25, 0.3) is 0 Å². The van der Waals surface area contributed by atoms with Crippen molar-refractivity contribution in [3.63, 3.8) is 0 Å². The van der Waals surface area contributed by atoms with Crippen molar-refractivity contribution in [3.05, 3.63) is 35.9 Å². The van der Waals surface area contributed by atoms with Crippen molar-refractivity contribution < 1.29 is 19.1 Å². The lowest BCUT2D eigenvalue weighted by molar-refractivity contribution is -0.120. The molecule has 3 N–H and O–H groups in total. The minimum Gasteiger partial charge on any atom is -0.342 e. The molecule has 0 aliphatic heterocycles. The van der Waals surface area contributed by atoms with Crippen LogP contribution < -0.4 is 5.32 Å². The number of benzene rings is 1. The molecule has 0 fully saturated rings. The van der Waals surface area contributed by atoms with E-state index < -0.39 is 13.4 Å². The molecule has 1 aromatic carbocycles. The Bertz CT molecular complexity index is 455. The van der Waals surface area contributed by atoms with Gasteiger partial charge in [0.2, 0.25) is 5.91 Å². The standard InChI is InChI=1S/C13H20NO4P/c1-10(2)8-13(19(16,17)18)14-12(15)9-11-6-4-3-5-7-11/h3-7,10,13H,8-9H2,1-2H3,(H,14,15)(H2,16,17,18)/t13-/m0/s1. The molecule has 6 heteroatoms. The van der Waals surface area contributed by atoms with Gasteiger partial charge < -0.3 is 15.1 Å². The highest BCUT2D eigenvalue weighted by atomic mass is 31.2. The number of nitrogens with one attached hydrogen (secondary N) is 1. The van der Waals surface area contributed by atoms with Gasteiger partial charge in [-0.25, -0.2) is 0 Å². The second-order valence-corrected chi connectivity index (χ2v) is 6.77. The third kappa shape index (κ3) is 6.01. The van der Waals surface area contributed by atoms with Crippen LogP contribution in [0.15, 0.2) is 30.3 Å². The van der Waals surface area contributed by atoms with Gasteiger partial charge in [-0.3, -0.25) is 9.36 Å². The zero-order chi connectivity index (χ0) is 14.5. The Morgan fingerprint density at radius 1 is 1.26 bits per heavy atom. The summed E-state index contributed by atoms with van der Waals surface area (Å²) < 4.78 is 11.3. The number of rotatable bonds is 6. The molecule has 1 rings (SSSR count). The predicted molar refractivity (Wildman–Crippen MR) is 73.6 cm³/mol. The molecule has 0 radical (unpaired) electrons. The van der Waals surface area contributed by atoms with Crippen molar-refractivity contribution >= 4 is 13.5 Å². The molecule has 1 atom stereocenters. The summed E-state index contributed by atoms with van der Waals surface area (Å²) >= 11 is 0. The van der Waals surface area contributed by atoms with E-state index in [0.29, 0.717) is 0 Å². The van der Waals surface area contributed by atoms with Crippen molar-refractivity contribution in [2.24, 2.45) is 5.92 Å². The minimum atomic E-state index is -4.32.